The molecule has 2 N–H and O–H groups in total. The summed E-state index contributed by atoms with van der Waals surface area (Å²) in [5, 5.41) is 4.32. The van der Waals surface area contributed by atoms with Crippen LogP contribution in [-0.4, -0.2) is 22.3 Å². The molecule has 2 unspecified atom stereocenters. The lowest BCUT2D eigenvalue weighted by Crippen LogP contribution is -2.35. The molecule has 3 amide bonds. The lowest BCUT2D eigenvalue weighted by atomic mass is 10.1. The number of imide groups is 1. The zero-order valence-electron chi connectivity index (χ0n) is 9.98. The van der Waals surface area contributed by atoms with Crippen LogP contribution < -0.4 is 10.6 Å². The third-order valence-corrected chi connectivity index (χ3v) is 4.14. The highest BCUT2D eigenvalue weighted by molar-refractivity contribution is 8.15. The molecule has 1 aliphatic heterocycles. The Morgan fingerprint density at radius 2 is 2.00 bits per heavy atom. The van der Waals surface area contributed by atoms with Gasteiger partial charge >= 0.3 is 0 Å². The van der Waals surface area contributed by atoms with Crippen molar-refractivity contribution in [3.63, 3.8) is 0 Å². The molecule has 0 bridgehead atoms. The van der Waals surface area contributed by atoms with Gasteiger partial charge in [-0.15, -0.1) is 0 Å². The van der Waals surface area contributed by atoms with Crippen molar-refractivity contribution in [1.29, 1.82) is 0 Å². The van der Waals surface area contributed by atoms with Crippen LogP contribution in [0.4, 0.5) is 10.5 Å². The summed E-state index contributed by atoms with van der Waals surface area (Å²) in [6, 6.07) is 6.64. The fourth-order valence-corrected chi connectivity index (χ4v) is 2.64. The minimum Gasteiger partial charge on any atom is -0.326 e. The van der Waals surface area contributed by atoms with Crippen LogP contribution in [0.1, 0.15) is 6.92 Å². The molecule has 1 fully saturated rings. The molecule has 5 nitrogen and oxygen atoms in total. The number of hydrogen-bond donors (Lipinski definition) is 2. The molecule has 0 aromatic heterocycles. The van der Waals surface area contributed by atoms with Crippen LogP contribution in [0.15, 0.2) is 24.3 Å². The standard InChI is InChI=1S/C12H11ClN2O3S/c1-6(9-11(17)15-12(18)19-9)10(16)14-8-4-2-7(13)3-5-8/h2-6,9H,1H3,(H,14,16)(H,15,17,18). The van der Waals surface area contributed by atoms with E-state index in [1.54, 1.807) is 31.2 Å². The highest BCUT2D eigenvalue weighted by Gasteiger charge is 2.38. The minimum absolute atomic E-state index is 0.315. The van der Waals surface area contributed by atoms with E-state index in [9.17, 15) is 14.4 Å². The van der Waals surface area contributed by atoms with Gasteiger partial charge in [0, 0.05) is 10.7 Å². The van der Waals surface area contributed by atoms with Crippen molar-refractivity contribution in [3.05, 3.63) is 29.3 Å². The Kier molecular flexibility index (Phi) is 4.11. The highest BCUT2D eigenvalue weighted by Crippen LogP contribution is 2.27. The highest BCUT2D eigenvalue weighted by atomic mass is 35.5. The second-order valence-corrected chi connectivity index (χ2v) is 5.65. The number of thioether (sulfide) groups is 1. The maximum atomic E-state index is 12.0. The van der Waals surface area contributed by atoms with Gasteiger partial charge < -0.3 is 5.32 Å². The first-order valence-corrected chi connectivity index (χ1v) is 6.81. The Bertz CT molecular complexity index is 532. The van der Waals surface area contributed by atoms with Crippen molar-refractivity contribution in [3.8, 4) is 0 Å². The number of benzene rings is 1. The number of halogens is 1. The fourth-order valence-electron chi connectivity index (χ4n) is 1.63. The number of hydrogen-bond acceptors (Lipinski definition) is 4. The topological polar surface area (TPSA) is 75.3 Å². The summed E-state index contributed by atoms with van der Waals surface area (Å²) in [4.78, 5) is 34.5. The summed E-state index contributed by atoms with van der Waals surface area (Å²) in [6.45, 7) is 1.61. The van der Waals surface area contributed by atoms with Crippen molar-refractivity contribution in [2.75, 3.05) is 5.32 Å². The van der Waals surface area contributed by atoms with Gasteiger partial charge in [0.15, 0.2) is 0 Å². The monoisotopic (exact) mass is 298 g/mol. The van der Waals surface area contributed by atoms with Gasteiger partial charge in [0.25, 0.3) is 5.24 Å². The quantitative estimate of drug-likeness (QED) is 0.897. The molecule has 0 aliphatic carbocycles. The van der Waals surface area contributed by atoms with E-state index in [4.69, 9.17) is 11.6 Å². The van der Waals surface area contributed by atoms with E-state index in [1.807, 2.05) is 0 Å². The molecule has 1 aromatic carbocycles. The molecule has 19 heavy (non-hydrogen) atoms. The number of carbonyl (C=O) groups is 3. The first-order chi connectivity index (χ1) is 8.97. The van der Waals surface area contributed by atoms with Gasteiger partial charge in [-0.05, 0) is 24.3 Å². The number of nitrogens with one attached hydrogen (secondary N) is 2. The molecule has 100 valence electrons. The molecule has 2 atom stereocenters. The van der Waals surface area contributed by atoms with Gasteiger partial charge in [-0.2, -0.15) is 0 Å². The van der Waals surface area contributed by atoms with Crippen molar-refractivity contribution in [2.45, 2.75) is 12.2 Å². The van der Waals surface area contributed by atoms with Gasteiger partial charge in [-0.25, -0.2) is 0 Å². The number of anilines is 1. The molecule has 0 spiro atoms. The van der Waals surface area contributed by atoms with Crippen LogP contribution in [0.2, 0.25) is 5.02 Å². The van der Waals surface area contributed by atoms with E-state index in [2.05, 4.69) is 10.6 Å². The first kappa shape index (κ1) is 13.9. The third kappa shape index (κ3) is 3.27. The molecule has 1 aliphatic rings. The first-order valence-electron chi connectivity index (χ1n) is 5.55. The SMILES string of the molecule is CC(C(=O)Nc1ccc(Cl)cc1)C1SC(=O)NC1=O. The zero-order valence-corrected chi connectivity index (χ0v) is 11.5. The van der Waals surface area contributed by atoms with Gasteiger partial charge in [-0.1, -0.05) is 30.3 Å². The van der Waals surface area contributed by atoms with Crippen LogP contribution in [-0.2, 0) is 9.59 Å². The molecule has 1 saturated heterocycles. The van der Waals surface area contributed by atoms with Gasteiger partial charge in [0.05, 0.1) is 5.92 Å². The number of rotatable bonds is 3. The normalized spacial score (nSPS) is 20.0. The van der Waals surface area contributed by atoms with E-state index in [0.717, 1.165) is 11.8 Å². The van der Waals surface area contributed by atoms with Crippen molar-refractivity contribution < 1.29 is 14.4 Å². The summed E-state index contributed by atoms with van der Waals surface area (Å²) in [5.74, 6) is -1.34. The Morgan fingerprint density at radius 3 is 2.53 bits per heavy atom. The second-order valence-electron chi connectivity index (χ2n) is 4.10. The van der Waals surface area contributed by atoms with Crippen molar-refractivity contribution >= 4 is 46.1 Å². The Balaban J connectivity index is 2.01. The Labute approximate surface area is 119 Å². The maximum absolute atomic E-state index is 12.0. The third-order valence-electron chi connectivity index (χ3n) is 2.70. The van der Waals surface area contributed by atoms with E-state index in [1.165, 1.54) is 0 Å². The molecule has 0 saturated carbocycles. The lowest BCUT2D eigenvalue weighted by molar-refractivity contribution is -0.125. The van der Waals surface area contributed by atoms with Crippen LogP contribution in [0.25, 0.3) is 0 Å². The van der Waals surface area contributed by atoms with Gasteiger partial charge in [-0.3, -0.25) is 19.7 Å². The summed E-state index contributed by atoms with van der Waals surface area (Å²) >= 11 is 6.58. The predicted molar refractivity (Wildman–Crippen MR) is 74.2 cm³/mol. The van der Waals surface area contributed by atoms with E-state index in [-0.39, 0.29) is 5.91 Å². The van der Waals surface area contributed by atoms with E-state index >= 15 is 0 Å². The molecular weight excluding hydrogens is 288 g/mol. The molecular formula is C12H11ClN2O3S. The largest absolute Gasteiger partial charge is 0.326 e. The van der Waals surface area contributed by atoms with Gasteiger partial charge in [0.2, 0.25) is 11.8 Å². The number of carbonyl (C=O) groups excluding carboxylic acids is 3. The molecule has 1 aromatic rings. The van der Waals surface area contributed by atoms with E-state index < -0.39 is 22.3 Å². The summed E-state index contributed by atoms with van der Waals surface area (Å²) in [7, 11) is 0. The Morgan fingerprint density at radius 1 is 1.37 bits per heavy atom. The molecule has 1 heterocycles. The van der Waals surface area contributed by atoms with Crippen molar-refractivity contribution in [1.82, 2.24) is 5.32 Å². The summed E-state index contributed by atoms with van der Waals surface area (Å²) in [5.41, 5.74) is 0.594. The molecule has 7 heteroatoms. The molecule has 2 rings (SSSR count). The van der Waals surface area contributed by atoms with Crippen molar-refractivity contribution in [2.24, 2.45) is 5.92 Å². The summed E-state index contributed by atoms with van der Waals surface area (Å²) < 4.78 is 0. The summed E-state index contributed by atoms with van der Waals surface area (Å²) in [6.07, 6.45) is 0. The van der Waals surface area contributed by atoms with Crippen LogP contribution in [0.5, 0.6) is 0 Å². The smallest absolute Gasteiger partial charge is 0.286 e. The van der Waals surface area contributed by atoms with Gasteiger partial charge in [0.1, 0.15) is 5.25 Å². The van der Waals surface area contributed by atoms with Crippen LogP contribution in [0, 0.1) is 5.92 Å². The maximum Gasteiger partial charge on any atom is 0.286 e. The average Bonchev–Trinajstić information content (AvgIpc) is 2.70. The van der Waals surface area contributed by atoms with E-state index in [0.29, 0.717) is 10.7 Å². The second kappa shape index (κ2) is 5.63. The molecule has 0 radical (unpaired) electrons. The average molecular weight is 299 g/mol. The Hall–Kier alpha value is -1.53. The number of amides is 3. The fraction of sp³-hybridized carbons (Fsp3) is 0.250. The minimum atomic E-state index is -0.681. The zero-order chi connectivity index (χ0) is 14.0. The van der Waals surface area contributed by atoms with Crippen LogP contribution in [0.3, 0.4) is 0 Å². The predicted octanol–water partition coefficient (Wildman–Crippen LogP) is 2.27. The van der Waals surface area contributed by atoms with Crippen LogP contribution >= 0.6 is 23.4 Å². The lowest BCUT2D eigenvalue weighted by Gasteiger charge is -2.15.